The molecule has 1 N–H and O–H groups in total. The van der Waals surface area contributed by atoms with Crippen molar-refractivity contribution in [1.29, 1.82) is 0 Å². The Morgan fingerprint density at radius 1 is 0.757 bits per heavy atom. The van der Waals surface area contributed by atoms with Crippen molar-refractivity contribution in [2.45, 2.75) is 83.5 Å². The molecule has 0 radical (unpaired) electrons. The van der Waals surface area contributed by atoms with Crippen LogP contribution in [0.25, 0.3) is 11.1 Å². The fourth-order valence-electron chi connectivity index (χ4n) is 4.71. The second kappa shape index (κ2) is 10.9. The van der Waals surface area contributed by atoms with Crippen LogP contribution in [-0.4, -0.2) is 19.8 Å². The van der Waals surface area contributed by atoms with Gasteiger partial charge in [0.1, 0.15) is 5.75 Å². The Kier molecular flexibility index (Phi) is 8.44. The fraction of sp³-hybridized carbons (Fsp3) is 0.394. The van der Waals surface area contributed by atoms with Crippen LogP contribution in [0.2, 0.25) is 0 Å². The summed E-state index contributed by atoms with van der Waals surface area (Å²) in [7, 11) is -3.29. The summed E-state index contributed by atoms with van der Waals surface area (Å²) >= 11 is 0. The smallest absolute Gasteiger partial charge is 0.175 e. The van der Waals surface area contributed by atoms with Crippen LogP contribution in [-0.2, 0) is 20.7 Å². The van der Waals surface area contributed by atoms with Gasteiger partial charge in [-0.25, -0.2) is 8.42 Å². The van der Waals surface area contributed by atoms with Gasteiger partial charge in [-0.2, -0.15) is 0 Å². The van der Waals surface area contributed by atoms with Gasteiger partial charge in [0.15, 0.2) is 9.84 Å². The molecule has 0 atom stereocenters. The number of sulfone groups is 1. The number of hydrogen-bond donors (Lipinski definition) is 1. The number of unbranched alkanes of at least 4 members (excludes halogenated alkanes) is 1. The van der Waals surface area contributed by atoms with Crippen LogP contribution in [0.15, 0.2) is 71.6 Å². The first kappa shape index (κ1) is 28.7. The molecule has 0 spiro atoms. The second-order valence-electron chi connectivity index (χ2n) is 12.0. The SMILES string of the molecule is CCCC/C(=C(\c1ccccc1)c1ccc(S(C)(=O)=O)cc1)c1cc(C(C)(C)C)c(O)c(C(C)(C)C)c1. The third kappa shape index (κ3) is 6.73. The van der Waals surface area contributed by atoms with E-state index in [-0.39, 0.29) is 10.8 Å². The maximum Gasteiger partial charge on any atom is 0.175 e. The summed E-state index contributed by atoms with van der Waals surface area (Å²) in [5.41, 5.74) is 6.87. The zero-order valence-corrected chi connectivity index (χ0v) is 24.5. The number of rotatable bonds is 7. The number of phenolic OH excluding ortho intramolecular Hbond substituents is 1. The quantitative estimate of drug-likeness (QED) is 0.319. The lowest BCUT2D eigenvalue weighted by atomic mass is 9.76. The fourth-order valence-corrected chi connectivity index (χ4v) is 5.34. The Morgan fingerprint density at radius 3 is 1.68 bits per heavy atom. The number of aromatic hydroxyl groups is 1. The van der Waals surface area contributed by atoms with Gasteiger partial charge in [0, 0.05) is 17.4 Å². The minimum Gasteiger partial charge on any atom is -0.507 e. The Morgan fingerprint density at radius 2 is 1.24 bits per heavy atom. The summed E-state index contributed by atoms with van der Waals surface area (Å²) in [5, 5.41) is 11.3. The molecule has 0 aliphatic rings. The van der Waals surface area contributed by atoms with Gasteiger partial charge in [0.05, 0.1) is 4.90 Å². The van der Waals surface area contributed by atoms with Gasteiger partial charge in [-0.05, 0) is 75.8 Å². The first-order valence-corrected chi connectivity index (χ1v) is 15.0. The number of hydrogen-bond acceptors (Lipinski definition) is 3. The van der Waals surface area contributed by atoms with E-state index >= 15 is 0 Å². The Labute approximate surface area is 224 Å². The van der Waals surface area contributed by atoms with Crippen molar-refractivity contribution in [3.8, 4) is 5.75 Å². The van der Waals surface area contributed by atoms with E-state index < -0.39 is 9.84 Å². The molecule has 37 heavy (non-hydrogen) atoms. The summed E-state index contributed by atoms with van der Waals surface area (Å²) in [6.45, 7) is 15.0. The number of phenols is 1. The predicted octanol–water partition coefficient (Wildman–Crippen LogP) is 8.54. The number of allylic oxidation sites excluding steroid dienone is 1. The Balaban J connectivity index is 2.45. The lowest BCUT2D eigenvalue weighted by molar-refractivity contribution is 0.423. The van der Waals surface area contributed by atoms with Crippen molar-refractivity contribution >= 4 is 21.0 Å². The topological polar surface area (TPSA) is 54.4 Å². The highest BCUT2D eigenvalue weighted by atomic mass is 32.2. The zero-order valence-electron chi connectivity index (χ0n) is 23.6. The summed E-state index contributed by atoms with van der Waals surface area (Å²) in [6, 6.07) is 21.9. The van der Waals surface area contributed by atoms with Crippen LogP contribution in [0.1, 0.15) is 95.5 Å². The normalized spacial score (nSPS) is 13.4. The molecule has 0 bridgehead atoms. The molecule has 3 rings (SSSR count). The van der Waals surface area contributed by atoms with E-state index in [1.807, 2.05) is 30.3 Å². The van der Waals surface area contributed by atoms with E-state index in [9.17, 15) is 13.5 Å². The summed E-state index contributed by atoms with van der Waals surface area (Å²) in [4.78, 5) is 0.313. The van der Waals surface area contributed by atoms with E-state index in [1.54, 1.807) is 12.1 Å². The minimum atomic E-state index is -3.29. The van der Waals surface area contributed by atoms with Crippen molar-refractivity contribution in [3.05, 3.63) is 94.5 Å². The molecule has 4 heteroatoms. The minimum absolute atomic E-state index is 0.236. The van der Waals surface area contributed by atoms with Gasteiger partial charge >= 0.3 is 0 Å². The van der Waals surface area contributed by atoms with Crippen molar-refractivity contribution in [2.24, 2.45) is 0 Å². The van der Waals surface area contributed by atoms with Crippen LogP contribution in [0.3, 0.4) is 0 Å². The molecule has 3 aromatic carbocycles. The maximum absolute atomic E-state index is 12.1. The van der Waals surface area contributed by atoms with Crippen LogP contribution in [0.5, 0.6) is 5.75 Å². The van der Waals surface area contributed by atoms with Gasteiger partial charge in [-0.3, -0.25) is 0 Å². The van der Waals surface area contributed by atoms with Crippen molar-refractivity contribution in [3.63, 3.8) is 0 Å². The second-order valence-corrected chi connectivity index (χ2v) is 14.1. The summed E-state index contributed by atoms with van der Waals surface area (Å²) < 4.78 is 24.3. The van der Waals surface area contributed by atoms with E-state index in [0.717, 1.165) is 52.7 Å². The molecule has 0 saturated carbocycles. The van der Waals surface area contributed by atoms with Gasteiger partial charge in [-0.15, -0.1) is 0 Å². The van der Waals surface area contributed by atoms with Crippen molar-refractivity contribution < 1.29 is 13.5 Å². The highest BCUT2D eigenvalue weighted by Gasteiger charge is 2.28. The Hall–Kier alpha value is -2.85. The molecule has 0 saturated heterocycles. The number of benzene rings is 3. The first-order valence-electron chi connectivity index (χ1n) is 13.1. The summed E-state index contributed by atoms with van der Waals surface area (Å²) in [6.07, 6.45) is 4.17. The molecule has 0 fully saturated rings. The molecule has 3 aromatic rings. The maximum atomic E-state index is 12.1. The highest BCUT2D eigenvalue weighted by molar-refractivity contribution is 7.90. The van der Waals surface area contributed by atoms with E-state index in [1.165, 1.54) is 11.8 Å². The van der Waals surface area contributed by atoms with Gasteiger partial charge in [0.2, 0.25) is 0 Å². The molecule has 0 aliphatic heterocycles. The predicted molar refractivity (Wildman–Crippen MR) is 157 cm³/mol. The Bertz CT molecular complexity index is 1330. The first-order chi connectivity index (χ1) is 17.1. The molecule has 0 aliphatic carbocycles. The van der Waals surface area contributed by atoms with Gasteiger partial charge < -0.3 is 5.11 Å². The monoisotopic (exact) mass is 518 g/mol. The zero-order chi connectivity index (χ0) is 27.6. The lowest BCUT2D eigenvalue weighted by Gasteiger charge is -2.29. The van der Waals surface area contributed by atoms with E-state index in [0.29, 0.717) is 10.6 Å². The van der Waals surface area contributed by atoms with Crippen LogP contribution in [0, 0.1) is 0 Å². The molecule has 0 heterocycles. The van der Waals surface area contributed by atoms with Gasteiger partial charge in [-0.1, -0.05) is 97.4 Å². The molecule has 0 unspecified atom stereocenters. The molecule has 0 aromatic heterocycles. The van der Waals surface area contributed by atoms with Crippen LogP contribution < -0.4 is 0 Å². The van der Waals surface area contributed by atoms with Gasteiger partial charge in [0.25, 0.3) is 0 Å². The van der Waals surface area contributed by atoms with Crippen LogP contribution in [0.4, 0.5) is 0 Å². The lowest BCUT2D eigenvalue weighted by Crippen LogP contribution is -2.18. The third-order valence-corrected chi connectivity index (χ3v) is 7.92. The molecular weight excluding hydrogens is 476 g/mol. The average molecular weight is 519 g/mol. The largest absolute Gasteiger partial charge is 0.507 e. The molecule has 3 nitrogen and oxygen atoms in total. The van der Waals surface area contributed by atoms with E-state index in [4.69, 9.17) is 0 Å². The van der Waals surface area contributed by atoms with Crippen LogP contribution >= 0.6 is 0 Å². The van der Waals surface area contributed by atoms with Crippen molar-refractivity contribution in [1.82, 2.24) is 0 Å². The van der Waals surface area contributed by atoms with Crippen molar-refractivity contribution in [2.75, 3.05) is 6.26 Å². The molecule has 198 valence electrons. The van der Waals surface area contributed by atoms with E-state index in [2.05, 4.69) is 72.7 Å². The highest BCUT2D eigenvalue weighted by Crippen LogP contribution is 2.44. The molecule has 0 amide bonds. The summed E-state index contributed by atoms with van der Waals surface area (Å²) in [5.74, 6) is 0.373. The molecular formula is C33H42O3S. The standard InChI is InChI=1S/C33H42O3S/c1-9-10-16-27(25-21-28(32(2,3)4)31(34)29(22-25)33(5,6)7)30(23-14-12-11-13-15-23)24-17-19-26(20-18-24)37(8,35)36/h11-15,17-22,34H,9-10,16H2,1-8H3/b30-27-. The average Bonchev–Trinajstić information content (AvgIpc) is 2.80. The third-order valence-electron chi connectivity index (χ3n) is 6.79.